The van der Waals surface area contributed by atoms with Crippen molar-refractivity contribution in [3.05, 3.63) is 35.4 Å². The summed E-state index contributed by atoms with van der Waals surface area (Å²) >= 11 is 0. The normalized spacial score (nSPS) is 12.9. The number of benzene rings is 1. The van der Waals surface area contributed by atoms with Crippen molar-refractivity contribution in [2.45, 2.75) is 59.4 Å². The standard InChI is InChI=1S/C17H29N/c1-5-15(6-2)12-17(18-7-3)13-16-10-8-14(4)9-11-16/h8-11,15,17-18H,5-7,12-13H2,1-4H3. The molecule has 18 heavy (non-hydrogen) atoms. The zero-order valence-corrected chi connectivity index (χ0v) is 12.5. The average molecular weight is 247 g/mol. The van der Waals surface area contributed by atoms with Crippen molar-refractivity contribution in [3.8, 4) is 0 Å². The Kier molecular flexibility index (Phi) is 7.04. The van der Waals surface area contributed by atoms with E-state index >= 15 is 0 Å². The van der Waals surface area contributed by atoms with Crippen molar-refractivity contribution in [3.63, 3.8) is 0 Å². The number of hydrogen-bond acceptors (Lipinski definition) is 1. The number of hydrogen-bond donors (Lipinski definition) is 1. The van der Waals surface area contributed by atoms with E-state index in [1.54, 1.807) is 0 Å². The van der Waals surface area contributed by atoms with Crippen LogP contribution in [0.5, 0.6) is 0 Å². The summed E-state index contributed by atoms with van der Waals surface area (Å²) in [5.41, 5.74) is 2.80. The first kappa shape index (κ1) is 15.2. The fraction of sp³-hybridized carbons (Fsp3) is 0.647. The second-order valence-corrected chi connectivity index (χ2v) is 5.36. The van der Waals surface area contributed by atoms with E-state index in [9.17, 15) is 0 Å². The Labute approximate surface area is 113 Å². The Bertz CT molecular complexity index is 311. The first-order valence-corrected chi connectivity index (χ1v) is 7.48. The zero-order valence-electron chi connectivity index (χ0n) is 12.5. The second kappa shape index (κ2) is 8.31. The molecular formula is C17H29N. The highest BCUT2D eigenvalue weighted by molar-refractivity contribution is 5.22. The molecule has 1 unspecified atom stereocenters. The van der Waals surface area contributed by atoms with Gasteiger partial charge < -0.3 is 5.32 Å². The van der Waals surface area contributed by atoms with Crippen molar-refractivity contribution in [1.29, 1.82) is 0 Å². The maximum atomic E-state index is 3.64. The highest BCUT2D eigenvalue weighted by Crippen LogP contribution is 2.18. The molecule has 0 fully saturated rings. The van der Waals surface area contributed by atoms with Crippen LogP contribution in [0.1, 0.15) is 51.2 Å². The highest BCUT2D eigenvalue weighted by Gasteiger charge is 2.13. The molecule has 1 nitrogen and oxygen atoms in total. The van der Waals surface area contributed by atoms with Gasteiger partial charge in [-0.15, -0.1) is 0 Å². The molecule has 1 N–H and O–H groups in total. The van der Waals surface area contributed by atoms with Crippen LogP contribution in [0.4, 0.5) is 0 Å². The maximum absolute atomic E-state index is 3.64. The SMILES string of the molecule is CCNC(Cc1ccc(C)cc1)CC(CC)CC. The van der Waals surface area contributed by atoms with Crippen molar-refractivity contribution in [1.82, 2.24) is 5.32 Å². The second-order valence-electron chi connectivity index (χ2n) is 5.36. The van der Waals surface area contributed by atoms with Gasteiger partial charge in [0.15, 0.2) is 0 Å². The lowest BCUT2D eigenvalue weighted by molar-refractivity contribution is 0.367. The van der Waals surface area contributed by atoms with E-state index in [0.29, 0.717) is 6.04 Å². The van der Waals surface area contributed by atoms with Gasteiger partial charge in [0.2, 0.25) is 0 Å². The van der Waals surface area contributed by atoms with Gasteiger partial charge in [0.25, 0.3) is 0 Å². The maximum Gasteiger partial charge on any atom is 0.0110 e. The Balaban J connectivity index is 2.58. The van der Waals surface area contributed by atoms with E-state index in [-0.39, 0.29) is 0 Å². The van der Waals surface area contributed by atoms with E-state index in [1.807, 2.05) is 0 Å². The minimum absolute atomic E-state index is 0.627. The van der Waals surface area contributed by atoms with Crippen LogP contribution in [0.25, 0.3) is 0 Å². The molecule has 0 amide bonds. The third kappa shape index (κ3) is 5.22. The van der Waals surface area contributed by atoms with Gasteiger partial charge in [-0.25, -0.2) is 0 Å². The molecule has 1 aromatic rings. The summed E-state index contributed by atoms with van der Waals surface area (Å²) in [5.74, 6) is 0.861. The van der Waals surface area contributed by atoms with Crippen LogP contribution in [0, 0.1) is 12.8 Å². The Morgan fingerprint density at radius 1 is 1.00 bits per heavy atom. The molecule has 0 bridgehead atoms. The quantitative estimate of drug-likeness (QED) is 0.720. The summed E-state index contributed by atoms with van der Waals surface area (Å²) in [7, 11) is 0. The Morgan fingerprint density at radius 3 is 2.11 bits per heavy atom. The summed E-state index contributed by atoms with van der Waals surface area (Å²) in [6.07, 6.45) is 5.05. The summed E-state index contributed by atoms with van der Waals surface area (Å²) in [6, 6.07) is 9.60. The predicted octanol–water partition coefficient (Wildman–Crippen LogP) is 4.34. The van der Waals surface area contributed by atoms with Crippen LogP contribution in [0.15, 0.2) is 24.3 Å². The first-order valence-electron chi connectivity index (χ1n) is 7.48. The fourth-order valence-electron chi connectivity index (χ4n) is 2.56. The molecular weight excluding hydrogens is 218 g/mol. The van der Waals surface area contributed by atoms with Crippen molar-refractivity contribution in [2.24, 2.45) is 5.92 Å². The third-order valence-corrected chi connectivity index (χ3v) is 3.87. The average Bonchev–Trinajstić information content (AvgIpc) is 2.38. The van der Waals surface area contributed by atoms with Gasteiger partial charge >= 0.3 is 0 Å². The van der Waals surface area contributed by atoms with Crippen LogP contribution in [0.3, 0.4) is 0 Å². The predicted molar refractivity (Wildman–Crippen MR) is 81.0 cm³/mol. The molecule has 0 saturated carbocycles. The molecule has 0 spiro atoms. The van der Waals surface area contributed by atoms with E-state index in [4.69, 9.17) is 0 Å². The van der Waals surface area contributed by atoms with Crippen LogP contribution < -0.4 is 5.32 Å². The van der Waals surface area contributed by atoms with Crippen molar-refractivity contribution < 1.29 is 0 Å². The summed E-state index contributed by atoms with van der Waals surface area (Å²) in [4.78, 5) is 0. The van der Waals surface area contributed by atoms with Gasteiger partial charge in [0.05, 0.1) is 0 Å². The first-order chi connectivity index (χ1) is 8.69. The van der Waals surface area contributed by atoms with Gasteiger partial charge in [-0.3, -0.25) is 0 Å². The molecule has 1 heteroatoms. The third-order valence-electron chi connectivity index (χ3n) is 3.87. The highest BCUT2D eigenvalue weighted by atomic mass is 14.9. The molecule has 0 heterocycles. The lowest BCUT2D eigenvalue weighted by Crippen LogP contribution is -2.33. The van der Waals surface area contributed by atoms with Gasteiger partial charge in [0.1, 0.15) is 0 Å². The van der Waals surface area contributed by atoms with Gasteiger partial charge in [-0.1, -0.05) is 63.4 Å². The van der Waals surface area contributed by atoms with Crippen LogP contribution >= 0.6 is 0 Å². The summed E-state index contributed by atoms with van der Waals surface area (Å²) < 4.78 is 0. The molecule has 0 aliphatic heterocycles. The minimum Gasteiger partial charge on any atom is -0.314 e. The topological polar surface area (TPSA) is 12.0 Å². The Morgan fingerprint density at radius 2 is 1.61 bits per heavy atom. The molecule has 0 aliphatic carbocycles. The number of rotatable bonds is 8. The zero-order chi connectivity index (χ0) is 13.4. The van der Waals surface area contributed by atoms with E-state index in [2.05, 4.69) is 57.3 Å². The van der Waals surface area contributed by atoms with Crippen LogP contribution in [0.2, 0.25) is 0 Å². The number of aryl methyl sites for hydroxylation is 1. The van der Waals surface area contributed by atoms with E-state index in [0.717, 1.165) is 18.9 Å². The van der Waals surface area contributed by atoms with Gasteiger partial charge in [-0.05, 0) is 37.8 Å². The smallest absolute Gasteiger partial charge is 0.0110 e. The molecule has 1 aromatic carbocycles. The van der Waals surface area contributed by atoms with Crippen LogP contribution in [-0.4, -0.2) is 12.6 Å². The largest absolute Gasteiger partial charge is 0.314 e. The monoisotopic (exact) mass is 247 g/mol. The number of likely N-dealkylation sites (N-methyl/N-ethyl adjacent to an activating group) is 1. The van der Waals surface area contributed by atoms with Crippen molar-refractivity contribution >= 4 is 0 Å². The fourth-order valence-corrected chi connectivity index (χ4v) is 2.56. The van der Waals surface area contributed by atoms with Crippen molar-refractivity contribution in [2.75, 3.05) is 6.54 Å². The summed E-state index contributed by atoms with van der Waals surface area (Å²) in [5, 5.41) is 3.64. The van der Waals surface area contributed by atoms with E-state index < -0.39 is 0 Å². The lowest BCUT2D eigenvalue weighted by Gasteiger charge is -2.23. The van der Waals surface area contributed by atoms with Gasteiger partial charge in [-0.2, -0.15) is 0 Å². The molecule has 1 atom stereocenters. The molecule has 1 rings (SSSR count). The van der Waals surface area contributed by atoms with Crippen LogP contribution in [-0.2, 0) is 6.42 Å². The molecule has 0 saturated heterocycles. The Hall–Kier alpha value is -0.820. The molecule has 102 valence electrons. The molecule has 0 radical (unpaired) electrons. The number of nitrogens with one attached hydrogen (secondary N) is 1. The van der Waals surface area contributed by atoms with E-state index in [1.165, 1.54) is 30.4 Å². The van der Waals surface area contributed by atoms with Gasteiger partial charge in [0, 0.05) is 6.04 Å². The summed E-state index contributed by atoms with van der Waals surface area (Å²) in [6.45, 7) is 10.0. The minimum atomic E-state index is 0.627. The molecule has 0 aromatic heterocycles. The lowest BCUT2D eigenvalue weighted by atomic mass is 9.91. The molecule has 0 aliphatic rings.